The second-order valence-corrected chi connectivity index (χ2v) is 5.98. The fourth-order valence-corrected chi connectivity index (χ4v) is 2.95. The van der Waals surface area contributed by atoms with E-state index < -0.39 is 0 Å². The molecule has 1 aromatic rings. The lowest BCUT2D eigenvalue weighted by Crippen LogP contribution is -2.43. The van der Waals surface area contributed by atoms with Gasteiger partial charge in [-0.05, 0) is 51.2 Å². The zero-order chi connectivity index (χ0) is 15.1. The van der Waals surface area contributed by atoms with Crippen molar-refractivity contribution in [3.63, 3.8) is 0 Å². The Morgan fingerprint density at radius 3 is 2.71 bits per heavy atom. The van der Waals surface area contributed by atoms with E-state index in [1.807, 2.05) is 12.1 Å². The molecular formula is C18H26N2O. The van der Waals surface area contributed by atoms with E-state index in [1.165, 1.54) is 31.4 Å². The van der Waals surface area contributed by atoms with Gasteiger partial charge in [0.25, 0.3) is 0 Å². The highest BCUT2D eigenvalue weighted by molar-refractivity contribution is 5.36. The molecule has 1 aromatic carbocycles. The molecule has 0 aromatic heterocycles. The third-order valence-electron chi connectivity index (χ3n) is 4.16. The normalized spacial score (nSPS) is 19.3. The van der Waals surface area contributed by atoms with Crippen molar-refractivity contribution < 1.29 is 5.11 Å². The van der Waals surface area contributed by atoms with Gasteiger partial charge in [0.1, 0.15) is 6.61 Å². The number of benzene rings is 1. The average Bonchev–Trinajstić information content (AvgIpc) is 2.49. The summed E-state index contributed by atoms with van der Waals surface area (Å²) in [6.07, 6.45) is 4.02. The molecular weight excluding hydrogens is 260 g/mol. The number of nitrogens with zero attached hydrogens (tertiary/aromatic N) is 2. The van der Waals surface area contributed by atoms with Crippen LogP contribution in [0.4, 0.5) is 0 Å². The number of aliphatic hydroxyl groups is 1. The van der Waals surface area contributed by atoms with Gasteiger partial charge in [0.15, 0.2) is 0 Å². The first-order chi connectivity index (χ1) is 10.2. The van der Waals surface area contributed by atoms with Gasteiger partial charge in [-0.3, -0.25) is 0 Å². The molecule has 0 radical (unpaired) electrons. The fraction of sp³-hybridized carbons (Fsp3) is 0.556. The van der Waals surface area contributed by atoms with Crippen molar-refractivity contribution in [3.05, 3.63) is 35.4 Å². The van der Waals surface area contributed by atoms with Crippen molar-refractivity contribution in [3.8, 4) is 11.8 Å². The van der Waals surface area contributed by atoms with Crippen LogP contribution in [0.2, 0.25) is 0 Å². The Kier molecular flexibility index (Phi) is 6.25. The Hall–Kier alpha value is -1.34. The van der Waals surface area contributed by atoms with Gasteiger partial charge in [-0.15, -0.1) is 0 Å². The molecule has 0 bridgehead atoms. The van der Waals surface area contributed by atoms with Crippen LogP contribution in [0.3, 0.4) is 0 Å². The number of likely N-dealkylation sites (tertiary alicyclic amines) is 1. The molecule has 21 heavy (non-hydrogen) atoms. The summed E-state index contributed by atoms with van der Waals surface area (Å²) in [4.78, 5) is 4.90. The van der Waals surface area contributed by atoms with Gasteiger partial charge in [0, 0.05) is 24.7 Å². The van der Waals surface area contributed by atoms with Crippen LogP contribution in [0.25, 0.3) is 0 Å². The zero-order valence-corrected chi connectivity index (χ0v) is 13.2. The summed E-state index contributed by atoms with van der Waals surface area (Å²) in [5, 5.41) is 8.69. The van der Waals surface area contributed by atoms with Crippen LogP contribution in [0.1, 0.15) is 30.4 Å². The van der Waals surface area contributed by atoms with Crippen molar-refractivity contribution in [2.24, 2.45) is 0 Å². The Bertz CT molecular complexity index is 486. The molecule has 1 aliphatic rings. The number of hydrogen-bond acceptors (Lipinski definition) is 3. The SMILES string of the molecule is CN(Cc1ccc(C#CCO)cc1)C[C@H]1CCCCN1C. The average molecular weight is 286 g/mol. The van der Waals surface area contributed by atoms with Crippen LogP contribution in [0, 0.1) is 11.8 Å². The summed E-state index contributed by atoms with van der Waals surface area (Å²) in [6.45, 7) is 3.25. The molecule has 1 atom stereocenters. The quantitative estimate of drug-likeness (QED) is 0.857. The van der Waals surface area contributed by atoms with Crippen LogP contribution < -0.4 is 0 Å². The van der Waals surface area contributed by atoms with E-state index in [9.17, 15) is 0 Å². The zero-order valence-electron chi connectivity index (χ0n) is 13.2. The number of hydrogen-bond donors (Lipinski definition) is 1. The molecule has 2 rings (SSSR count). The van der Waals surface area contributed by atoms with Crippen LogP contribution in [-0.4, -0.2) is 54.7 Å². The van der Waals surface area contributed by atoms with Crippen molar-refractivity contribution in [1.29, 1.82) is 0 Å². The Morgan fingerprint density at radius 2 is 2.05 bits per heavy atom. The number of piperidine rings is 1. The van der Waals surface area contributed by atoms with E-state index in [0.29, 0.717) is 6.04 Å². The molecule has 0 aliphatic carbocycles. The van der Waals surface area contributed by atoms with Gasteiger partial charge < -0.3 is 14.9 Å². The first kappa shape index (κ1) is 16.0. The standard InChI is InChI=1S/C18H26N2O/c1-19(15-18-7-3-4-12-20(18)2)14-17-10-8-16(9-11-17)6-5-13-21/h8-11,18,21H,3-4,7,12-15H2,1-2H3/t18-/m1/s1. The van der Waals surface area contributed by atoms with Crippen molar-refractivity contribution in [2.75, 3.05) is 33.8 Å². The first-order valence-corrected chi connectivity index (χ1v) is 7.76. The van der Waals surface area contributed by atoms with Crippen molar-refractivity contribution in [1.82, 2.24) is 9.80 Å². The van der Waals surface area contributed by atoms with E-state index in [1.54, 1.807) is 0 Å². The maximum Gasteiger partial charge on any atom is 0.104 e. The number of aliphatic hydroxyl groups excluding tert-OH is 1. The summed E-state index contributed by atoms with van der Waals surface area (Å²) in [5.41, 5.74) is 2.27. The minimum atomic E-state index is -0.0839. The van der Waals surface area contributed by atoms with Crippen molar-refractivity contribution >= 4 is 0 Å². The molecule has 0 spiro atoms. The van der Waals surface area contributed by atoms with Gasteiger partial charge in [-0.25, -0.2) is 0 Å². The third-order valence-corrected chi connectivity index (χ3v) is 4.16. The maximum absolute atomic E-state index is 8.69. The van der Waals surface area contributed by atoms with Crippen LogP contribution >= 0.6 is 0 Å². The van der Waals surface area contributed by atoms with Gasteiger partial charge in [-0.2, -0.15) is 0 Å². The second-order valence-electron chi connectivity index (χ2n) is 5.98. The molecule has 1 fully saturated rings. The summed E-state index contributed by atoms with van der Waals surface area (Å²) < 4.78 is 0. The molecule has 1 aliphatic heterocycles. The van der Waals surface area contributed by atoms with Crippen LogP contribution in [0.15, 0.2) is 24.3 Å². The molecule has 3 heteroatoms. The summed E-state index contributed by atoms with van der Waals surface area (Å²) in [6, 6.07) is 9.00. The summed E-state index contributed by atoms with van der Waals surface area (Å²) >= 11 is 0. The lowest BCUT2D eigenvalue weighted by Gasteiger charge is -2.35. The molecule has 0 unspecified atom stereocenters. The van der Waals surface area contributed by atoms with E-state index in [2.05, 4.69) is 47.9 Å². The second kappa shape index (κ2) is 8.19. The van der Waals surface area contributed by atoms with Gasteiger partial charge in [0.05, 0.1) is 0 Å². The first-order valence-electron chi connectivity index (χ1n) is 7.76. The largest absolute Gasteiger partial charge is 0.384 e. The van der Waals surface area contributed by atoms with E-state index in [-0.39, 0.29) is 6.61 Å². The van der Waals surface area contributed by atoms with E-state index in [0.717, 1.165) is 18.7 Å². The molecule has 0 saturated carbocycles. The monoisotopic (exact) mass is 286 g/mol. The van der Waals surface area contributed by atoms with E-state index in [4.69, 9.17) is 5.11 Å². The Morgan fingerprint density at radius 1 is 1.29 bits per heavy atom. The van der Waals surface area contributed by atoms with Gasteiger partial charge >= 0.3 is 0 Å². The van der Waals surface area contributed by atoms with Crippen LogP contribution in [0.5, 0.6) is 0 Å². The predicted molar refractivity (Wildman–Crippen MR) is 87.0 cm³/mol. The molecule has 114 valence electrons. The fourth-order valence-electron chi connectivity index (χ4n) is 2.95. The smallest absolute Gasteiger partial charge is 0.104 e. The highest BCUT2D eigenvalue weighted by atomic mass is 16.2. The summed E-state index contributed by atoms with van der Waals surface area (Å²) in [7, 11) is 4.44. The Labute approximate surface area is 128 Å². The maximum atomic E-state index is 8.69. The molecule has 1 heterocycles. The van der Waals surface area contributed by atoms with Crippen molar-refractivity contribution in [2.45, 2.75) is 31.8 Å². The minimum absolute atomic E-state index is 0.0839. The lowest BCUT2D eigenvalue weighted by atomic mass is 10.0. The Balaban J connectivity index is 1.85. The molecule has 3 nitrogen and oxygen atoms in total. The highest BCUT2D eigenvalue weighted by Gasteiger charge is 2.20. The highest BCUT2D eigenvalue weighted by Crippen LogP contribution is 2.16. The minimum Gasteiger partial charge on any atom is -0.384 e. The third kappa shape index (κ3) is 5.17. The number of rotatable bonds is 4. The summed E-state index contributed by atoms with van der Waals surface area (Å²) in [5.74, 6) is 5.60. The lowest BCUT2D eigenvalue weighted by molar-refractivity contribution is 0.138. The molecule has 1 N–H and O–H groups in total. The van der Waals surface area contributed by atoms with Gasteiger partial charge in [0.2, 0.25) is 0 Å². The van der Waals surface area contributed by atoms with Crippen LogP contribution in [-0.2, 0) is 6.54 Å². The predicted octanol–water partition coefficient (Wildman–Crippen LogP) is 1.95. The molecule has 1 saturated heterocycles. The topological polar surface area (TPSA) is 26.7 Å². The number of likely N-dealkylation sites (N-methyl/N-ethyl adjacent to an activating group) is 2. The van der Waals surface area contributed by atoms with Gasteiger partial charge in [-0.1, -0.05) is 30.4 Å². The molecule has 0 amide bonds. The van der Waals surface area contributed by atoms with E-state index >= 15 is 0 Å².